The summed E-state index contributed by atoms with van der Waals surface area (Å²) in [5, 5.41) is 3.12. The fourth-order valence-electron chi connectivity index (χ4n) is 3.09. The first kappa shape index (κ1) is 14.4. The van der Waals surface area contributed by atoms with Crippen LogP contribution in [0.3, 0.4) is 0 Å². The van der Waals surface area contributed by atoms with Crippen LogP contribution in [0.2, 0.25) is 0 Å². The van der Waals surface area contributed by atoms with Crippen LogP contribution in [0.15, 0.2) is 29.2 Å². The molecule has 1 aromatic rings. The van der Waals surface area contributed by atoms with E-state index in [9.17, 15) is 9.59 Å². The van der Waals surface area contributed by atoms with E-state index in [1.54, 1.807) is 4.90 Å². The summed E-state index contributed by atoms with van der Waals surface area (Å²) in [4.78, 5) is 27.1. The lowest BCUT2D eigenvalue weighted by Gasteiger charge is -2.31. The molecular formula is C16H20N2O2S. The number of hydrogen-bond acceptors (Lipinski definition) is 3. The van der Waals surface area contributed by atoms with Gasteiger partial charge in [-0.05, 0) is 31.4 Å². The number of fused-ring (bicyclic) bond motifs is 3. The molecule has 0 aliphatic carbocycles. The fraction of sp³-hybridized carbons (Fsp3) is 0.500. The predicted molar refractivity (Wildman–Crippen MR) is 84.3 cm³/mol. The van der Waals surface area contributed by atoms with Gasteiger partial charge in [0.1, 0.15) is 0 Å². The highest BCUT2D eigenvalue weighted by Crippen LogP contribution is 2.55. The predicted octanol–water partition coefficient (Wildman–Crippen LogP) is 2.92. The summed E-state index contributed by atoms with van der Waals surface area (Å²) in [7, 11) is 0. The van der Waals surface area contributed by atoms with Crippen LogP contribution in [0.5, 0.6) is 0 Å². The van der Waals surface area contributed by atoms with Gasteiger partial charge in [0.15, 0.2) is 4.87 Å². The molecule has 5 heteroatoms. The Bertz CT molecular complexity index is 585. The van der Waals surface area contributed by atoms with Gasteiger partial charge in [-0.3, -0.25) is 14.5 Å². The van der Waals surface area contributed by atoms with Crippen LogP contribution in [0.1, 0.15) is 39.5 Å². The highest BCUT2D eigenvalue weighted by atomic mass is 32.2. The second kappa shape index (κ2) is 5.37. The van der Waals surface area contributed by atoms with E-state index in [-0.39, 0.29) is 17.9 Å². The Morgan fingerprint density at radius 3 is 2.81 bits per heavy atom. The van der Waals surface area contributed by atoms with Gasteiger partial charge < -0.3 is 5.32 Å². The van der Waals surface area contributed by atoms with Crippen molar-refractivity contribution in [3.05, 3.63) is 24.3 Å². The molecule has 1 atom stereocenters. The average Bonchev–Trinajstić information content (AvgIpc) is 3.01. The van der Waals surface area contributed by atoms with E-state index in [0.29, 0.717) is 12.8 Å². The molecule has 112 valence electrons. The Hall–Kier alpha value is -1.49. The SMILES string of the molecule is CCC(CC)NC(=O)[C@@]12CCC(=O)N1c1ccccc1S2. The lowest BCUT2D eigenvalue weighted by molar-refractivity contribution is -0.125. The zero-order valence-electron chi connectivity index (χ0n) is 12.4. The van der Waals surface area contributed by atoms with Gasteiger partial charge in [0.2, 0.25) is 5.91 Å². The number of thioether (sulfide) groups is 1. The van der Waals surface area contributed by atoms with E-state index in [1.807, 2.05) is 24.3 Å². The van der Waals surface area contributed by atoms with Gasteiger partial charge in [0.25, 0.3) is 5.91 Å². The summed E-state index contributed by atoms with van der Waals surface area (Å²) in [5.41, 5.74) is 0.879. The van der Waals surface area contributed by atoms with E-state index in [1.165, 1.54) is 11.8 Å². The summed E-state index contributed by atoms with van der Waals surface area (Å²) < 4.78 is 0. The third-order valence-corrected chi connectivity index (χ3v) is 5.82. The maximum absolute atomic E-state index is 12.9. The smallest absolute Gasteiger partial charge is 0.257 e. The molecule has 3 rings (SSSR count). The second-order valence-electron chi connectivity index (χ2n) is 5.57. The van der Waals surface area contributed by atoms with Crippen molar-refractivity contribution in [2.45, 2.75) is 55.3 Å². The molecule has 0 aromatic heterocycles. The zero-order valence-corrected chi connectivity index (χ0v) is 13.2. The third kappa shape index (κ3) is 2.14. The Labute approximate surface area is 129 Å². The Balaban J connectivity index is 1.94. The van der Waals surface area contributed by atoms with Crippen LogP contribution in [-0.4, -0.2) is 22.7 Å². The number of rotatable bonds is 4. The Morgan fingerprint density at radius 2 is 2.10 bits per heavy atom. The lowest BCUT2D eigenvalue weighted by Crippen LogP contribution is -2.54. The molecule has 0 radical (unpaired) electrons. The van der Waals surface area contributed by atoms with Crippen molar-refractivity contribution in [1.82, 2.24) is 5.32 Å². The minimum absolute atomic E-state index is 0.0248. The van der Waals surface area contributed by atoms with Crippen molar-refractivity contribution in [2.75, 3.05) is 4.90 Å². The van der Waals surface area contributed by atoms with Crippen LogP contribution >= 0.6 is 11.8 Å². The van der Waals surface area contributed by atoms with Crippen LogP contribution in [0.4, 0.5) is 5.69 Å². The van der Waals surface area contributed by atoms with Crippen molar-refractivity contribution in [1.29, 1.82) is 0 Å². The number of carbonyl (C=O) groups excluding carboxylic acids is 2. The Morgan fingerprint density at radius 1 is 1.38 bits per heavy atom. The monoisotopic (exact) mass is 304 g/mol. The molecule has 1 fully saturated rings. The molecule has 2 amide bonds. The number of benzene rings is 1. The third-order valence-electron chi connectivity index (χ3n) is 4.35. The minimum atomic E-state index is -0.774. The maximum Gasteiger partial charge on any atom is 0.257 e. The highest BCUT2D eigenvalue weighted by Gasteiger charge is 2.57. The van der Waals surface area contributed by atoms with Crippen molar-refractivity contribution in [3.8, 4) is 0 Å². The van der Waals surface area contributed by atoms with Crippen LogP contribution in [0.25, 0.3) is 0 Å². The number of para-hydroxylation sites is 1. The summed E-state index contributed by atoms with van der Waals surface area (Å²) in [6.45, 7) is 4.14. The molecule has 0 spiro atoms. The second-order valence-corrected chi connectivity index (χ2v) is 6.89. The van der Waals surface area contributed by atoms with Gasteiger partial charge in [-0.2, -0.15) is 0 Å². The average molecular weight is 304 g/mol. The molecule has 2 aliphatic rings. The zero-order chi connectivity index (χ0) is 15.0. The number of amides is 2. The number of carbonyl (C=O) groups is 2. The summed E-state index contributed by atoms with van der Waals surface area (Å²) >= 11 is 1.52. The number of nitrogens with one attached hydrogen (secondary N) is 1. The molecule has 21 heavy (non-hydrogen) atoms. The molecule has 1 saturated heterocycles. The van der Waals surface area contributed by atoms with Gasteiger partial charge >= 0.3 is 0 Å². The molecule has 4 nitrogen and oxygen atoms in total. The van der Waals surface area contributed by atoms with Crippen LogP contribution in [-0.2, 0) is 9.59 Å². The largest absolute Gasteiger partial charge is 0.351 e. The van der Waals surface area contributed by atoms with Gasteiger partial charge in [-0.25, -0.2) is 0 Å². The van der Waals surface area contributed by atoms with Crippen molar-refractivity contribution in [2.24, 2.45) is 0 Å². The fourth-order valence-corrected chi connectivity index (χ4v) is 4.51. The molecule has 0 saturated carbocycles. The lowest BCUT2D eigenvalue weighted by atomic mass is 10.1. The minimum Gasteiger partial charge on any atom is -0.351 e. The molecule has 1 N–H and O–H groups in total. The summed E-state index contributed by atoms with van der Waals surface area (Å²) in [6, 6.07) is 7.95. The van der Waals surface area contributed by atoms with Crippen LogP contribution in [0, 0.1) is 0 Å². The molecule has 1 aromatic carbocycles. The molecular weight excluding hydrogens is 284 g/mol. The first-order chi connectivity index (χ1) is 10.1. The van der Waals surface area contributed by atoms with Crippen molar-refractivity contribution < 1.29 is 9.59 Å². The van der Waals surface area contributed by atoms with Crippen molar-refractivity contribution in [3.63, 3.8) is 0 Å². The Kier molecular flexibility index (Phi) is 3.69. The maximum atomic E-state index is 12.9. The quantitative estimate of drug-likeness (QED) is 0.930. The molecule has 0 bridgehead atoms. The normalized spacial score (nSPS) is 23.4. The molecule has 0 unspecified atom stereocenters. The van der Waals surface area contributed by atoms with E-state index in [2.05, 4.69) is 19.2 Å². The summed E-state index contributed by atoms with van der Waals surface area (Å²) in [6.07, 6.45) is 2.84. The molecule has 2 aliphatic heterocycles. The first-order valence-electron chi connectivity index (χ1n) is 7.54. The summed E-state index contributed by atoms with van der Waals surface area (Å²) in [5.74, 6) is 0.0235. The highest BCUT2D eigenvalue weighted by molar-refractivity contribution is 8.02. The molecule has 2 heterocycles. The van der Waals surface area contributed by atoms with Gasteiger partial charge in [-0.1, -0.05) is 37.7 Å². The van der Waals surface area contributed by atoms with E-state index >= 15 is 0 Å². The van der Waals surface area contributed by atoms with Gasteiger partial charge in [0.05, 0.1) is 5.69 Å². The number of nitrogens with zero attached hydrogens (tertiary/aromatic N) is 1. The van der Waals surface area contributed by atoms with Gasteiger partial charge in [-0.15, -0.1) is 0 Å². The number of hydrogen-bond donors (Lipinski definition) is 1. The van der Waals surface area contributed by atoms with E-state index in [4.69, 9.17) is 0 Å². The van der Waals surface area contributed by atoms with Crippen molar-refractivity contribution >= 4 is 29.3 Å². The standard InChI is InChI=1S/C16H20N2O2S/c1-3-11(4-2)17-15(20)16-10-9-14(19)18(16)12-7-5-6-8-13(12)21-16/h5-8,11H,3-4,9-10H2,1-2H3,(H,17,20)/t16-/m0/s1. The van der Waals surface area contributed by atoms with Crippen LogP contribution < -0.4 is 10.2 Å². The van der Waals surface area contributed by atoms with Gasteiger partial charge in [0, 0.05) is 17.4 Å². The van der Waals surface area contributed by atoms with E-state index in [0.717, 1.165) is 23.4 Å². The number of anilines is 1. The van der Waals surface area contributed by atoms with E-state index < -0.39 is 4.87 Å². The topological polar surface area (TPSA) is 49.4 Å². The first-order valence-corrected chi connectivity index (χ1v) is 8.36.